The van der Waals surface area contributed by atoms with Crippen LogP contribution in [0.15, 0.2) is 12.2 Å². The van der Waals surface area contributed by atoms with Gasteiger partial charge in [0.1, 0.15) is 0 Å². The Hall–Kier alpha value is -0.830. The van der Waals surface area contributed by atoms with Crippen molar-refractivity contribution in [2.75, 3.05) is 13.2 Å². The number of rotatable bonds is 4. The van der Waals surface area contributed by atoms with E-state index in [0.717, 1.165) is 6.08 Å². The topological polar surface area (TPSA) is 46.2 Å². The second kappa shape index (κ2) is 5.31. The van der Waals surface area contributed by atoms with Crippen molar-refractivity contribution in [3.63, 3.8) is 0 Å². The number of hydrogen-bond donors (Lipinski definition) is 0. The Kier molecular flexibility index (Phi) is 4.82. The normalized spacial score (nSPS) is 10.3. The van der Waals surface area contributed by atoms with E-state index in [2.05, 4.69) is 0 Å². The highest BCUT2D eigenvalue weighted by Crippen LogP contribution is 1.76. The van der Waals surface area contributed by atoms with E-state index in [9.17, 15) is 9.90 Å². The summed E-state index contributed by atoms with van der Waals surface area (Å²) in [6, 6.07) is 0. The van der Waals surface area contributed by atoms with E-state index >= 15 is 0 Å². The summed E-state index contributed by atoms with van der Waals surface area (Å²) in [4.78, 5) is 9.71. The highest BCUT2D eigenvalue weighted by Gasteiger charge is 1.86. The molecule has 0 aliphatic rings. The fourth-order valence-electron chi connectivity index (χ4n) is 0.330. The van der Waals surface area contributed by atoms with Gasteiger partial charge in [-0.15, -0.1) is 0 Å². The molecule has 3 nitrogen and oxygen atoms in total. The summed E-state index contributed by atoms with van der Waals surface area (Å²) < 4.78 is 4.81. The van der Waals surface area contributed by atoms with Crippen LogP contribution in [0.25, 0.3) is 0 Å². The summed E-state index contributed by atoms with van der Waals surface area (Å²) in [5, 5.41) is 9.71. The highest BCUT2D eigenvalue weighted by molar-refractivity contribution is 5.79. The molecule has 9 heavy (non-hydrogen) atoms. The van der Waals surface area contributed by atoms with Gasteiger partial charge in [-0.05, 0) is 6.92 Å². The average Bonchev–Trinajstić information content (AvgIpc) is 1.80. The Labute approximate surface area is 53.9 Å². The molecule has 0 saturated heterocycles. The van der Waals surface area contributed by atoms with Gasteiger partial charge in [0.05, 0.1) is 6.61 Å². The van der Waals surface area contributed by atoms with Gasteiger partial charge >= 0.3 is 5.97 Å². The minimum atomic E-state index is -1.19. The zero-order valence-electron chi connectivity index (χ0n) is 5.29. The monoisotopic (exact) mass is 129 g/mol. The molecule has 0 saturated carbocycles. The van der Waals surface area contributed by atoms with Crippen molar-refractivity contribution < 1.29 is 14.6 Å². The quantitative estimate of drug-likeness (QED) is 0.410. The zero-order chi connectivity index (χ0) is 7.11. The van der Waals surface area contributed by atoms with Crippen molar-refractivity contribution in [1.82, 2.24) is 0 Å². The van der Waals surface area contributed by atoms with Gasteiger partial charge in [0.25, 0.3) is 0 Å². The lowest BCUT2D eigenvalue weighted by Crippen LogP contribution is -1.90. The molecule has 0 spiro atoms. The largest absolute Gasteiger partial charge is 0.378 e. The van der Waals surface area contributed by atoms with Crippen LogP contribution in [0.1, 0.15) is 6.92 Å². The van der Waals surface area contributed by atoms with E-state index in [1.807, 2.05) is 6.92 Å². The van der Waals surface area contributed by atoms with Crippen molar-refractivity contribution >= 4 is 5.97 Å². The molecule has 3 heteroatoms. The van der Waals surface area contributed by atoms with E-state index in [-0.39, 0.29) is 0 Å². The molecular weight excluding hydrogens is 120 g/mol. The van der Waals surface area contributed by atoms with Crippen molar-refractivity contribution in [3.8, 4) is 0 Å². The first-order valence-corrected chi connectivity index (χ1v) is 2.72. The number of hydrogen-bond acceptors (Lipinski definition) is 2. The minimum absolute atomic E-state index is 0.338. The molecule has 0 aliphatic carbocycles. The Morgan fingerprint density at radius 1 is 1.67 bits per heavy atom. The molecule has 1 radical (unpaired) electrons. The van der Waals surface area contributed by atoms with Crippen LogP contribution in [0.2, 0.25) is 0 Å². The molecule has 0 bridgehead atoms. The molecule has 51 valence electrons. The molecule has 0 fully saturated rings. The SMILES string of the molecule is CCOCC=CC([O])=O. The van der Waals surface area contributed by atoms with Crippen molar-refractivity contribution in [2.24, 2.45) is 0 Å². The molecule has 0 aromatic heterocycles. The fourth-order valence-corrected chi connectivity index (χ4v) is 0.330. The second-order valence-electron chi connectivity index (χ2n) is 1.38. The van der Waals surface area contributed by atoms with Crippen LogP contribution in [0.4, 0.5) is 0 Å². The van der Waals surface area contributed by atoms with Crippen LogP contribution in [0, 0.1) is 0 Å². The Morgan fingerprint density at radius 2 is 2.33 bits per heavy atom. The van der Waals surface area contributed by atoms with Gasteiger partial charge in [0.2, 0.25) is 0 Å². The standard InChI is InChI=1S/C6H9O3/c1-2-9-5-3-4-6(7)8/h3-4H,2,5H2,1H3. The van der Waals surface area contributed by atoms with Crippen molar-refractivity contribution in [2.45, 2.75) is 6.92 Å². The number of carbonyl (C=O) groups excluding carboxylic acids is 1. The van der Waals surface area contributed by atoms with Crippen LogP contribution >= 0.6 is 0 Å². The first-order chi connectivity index (χ1) is 4.27. The van der Waals surface area contributed by atoms with Crippen LogP contribution in [0.5, 0.6) is 0 Å². The van der Waals surface area contributed by atoms with E-state index < -0.39 is 5.97 Å². The third kappa shape index (κ3) is 7.17. The predicted octanol–water partition coefficient (Wildman–Crippen LogP) is 0.536. The van der Waals surface area contributed by atoms with Crippen molar-refractivity contribution in [3.05, 3.63) is 12.2 Å². The Balaban J connectivity index is 3.15. The lowest BCUT2D eigenvalue weighted by atomic mass is 10.5. The third-order valence-electron chi connectivity index (χ3n) is 0.672. The van der Waals surface area contributed by atoms with Gasteiger partial charge < -0.3 is 4.74 Å². The van der Waals surface area contributed by atoms with Gasteiger partial charge in [-0.1, -0.05) is 6.08 Å². The summed E-state index contributed by atoms with van der Waals surface area (Å²) in [5.74, 6) is -1.19. The van der Waals surface area contributed by atoms with E-state index in [0.29, 0.717) is 13.2 Å². The van der Waals surface area contributed by atoms with E-state index in [4.69, 9.17) is 4.74 Å². The summed E-state index contributed by atoms with van der Waals surface area (Å²) in [6.07, 6.45) is 2.36. The average molecular weight is 129 g/mol. The molecule has 0 rings (SSSR count). The molecule has 0 unspecified atom stereocenters. The van der Waals surface area contributed by atoms with E-state index in [1.54, 1.807) is 0 Å². The fraction of sp³-hybridized carbons (Fsp3) is 0.500. The maximum atomic E-state index is 9.71. The maximum absolute atomic E-state index is 9.71. The van der Waals surface area contributed by atoms with Crippen LogP contribution in [0.3, 0.4) is 0 Å². The predicted molar refractivity (Wildman–Crippen MR) is 31.3 cm³/mol. The smallest absolute Gasteiger partial charge is 0.378 e. The molecule has 0 heterocycles. The van der Waals surface area contributed by atoms with Crippen molar-refractivity contribution in [1.29, 1.82) is 0 Å². The molecule has 0 aromatic rings. The molecule has 0 N–H and O–H groups in total. The molecule has 0 aliphatic heterocycles. The second-order valence-corrected chi connectivity index (χ2v) is 1.38. The highest BCUT2D eigenvalue weighted by atomic mass is 16.5. The number of ether oxygens (including phenoxy) is 1. The van der Waals surface area contributed by atoms with Crippen LogP contribution in [-0.4, -0.2) is 19.2 Å². The number of carbonyl (C=O) groups is 1. The summed E-state index contributed by atoms with van der Waals surface area (Å²) in [6.45, 7) is 2.77. The molecule has 0 amide bonds. The van der Waals surface area contributed by atoms with Crippen LogP contribution in [-0.2, 0) is 14.6 Å². The lowest BCUT2D eigenvalue weighted by molar-refractivity contribution is -0.137. The first-order valence-electron chi connectivity index (χ1n) is 2.72. The third-order valence-corrected chi connectivity index (χ3v) is 0.672. The molecule has 0 atom stereocenters. The van der Waals surface area contributed by atoms with Crippen LogP contribution < -0.4 is 0 Å². The molecule has 0 aromatic carbocycles. The molecular formula is C6H9O3. The summed E-state index contributed by atoms with van der Waals surface area (Å²) >= 11 is 0. The first kappa shape index (κ1) is 8.17. The summed E-state index contributed by atoms with van der Waals surface area (Å²) in [7, 11) is 0. The van der Waals surface area contributed by atoms with E-state index in [1.165, 1.54) is 6.08 Å². The van der Waals surface area contributed by atoms with Gasteiger partial charge in [0, 0.05) is 12.7 Å². The Morgan fingerprint density at radius 3 is 2.78 bits per heavy atom. The lowest BCUT2D eigenvalue weighted by Gasteiger charge is -1.89. The Bertz CT molecular complexity index is 107. The van der Waals surface area contributed by atoms with Gasteiger partial charge in [-0.25, -0.2) is 9.90 Å². The van der Waals surface area contributed by atoms with Gasteiger partial charge in [0.15, 0.2) is 0 Å². The van der Waals surface area contributed by atoms with Gasteiger partial charge in [-0.3, -0.25) is 0 Å². The zero-order valence-corrected chi connectivity index (χ0v) is 5.29. The summed E-state index contributed by atoms with van der Waals surface area (Å²) in [5.41, 5.74) is 0. The maximum Gasteiger partial charge on any atom is 0.378 e. The van der Waals surface area contributed by atoms with Gasteiger partial charge in [-0.2, -0.15) is 0 Å². The minimum Gasteiger partial charge on any atom is -0.378 e.